The molecule has 0 heterocycles. The predicted molar refractivity (Wildman–Crippen MR) is 400 cm³/mol. The summed E-state index contributed by atoms with van der Waals surface area (Å²) < 4.78 is 68.6. The van der Waals surface area contributed by atoms with Crippen molar-refractivity contribution >= 4 is 39.5 Å². The monoisotopic (exact) mass is 1430 g/mol. The van der Waals surface area contributed by atoms with Gasteiger partial charge in [0.2, 0.25) is 0 Å². The molecular formula is C79H150O17P2. The molecule has 0 aliphatic carbocycles. The van der Waals surface area contributed by atoms with E-state index < -0.39 is 97.5 Å². The quantitative estimate of drug-likeness (QED) is 0.0169. The maximum Gasteiger partial charge on any atom is 0.472 e. The van der Waals surface area contributed by atoms with Crippen LogP contribution in [0, 0.1) is 5.92 Å². The van der Waals surface area contributed by atoms with E-state index in [0.717, 1.165) is 115 Å². The molecule has 0 aliphatic rings. The first-order chi connectivity index (χ1) is 47.5. The first-order valence-electron chi connectivity index (χ1n) is 40.5. The molecule has 5 atom stereocenters. The van der Waals surface area contributed by atoms with Gasteiger partial charge in [0, 0.05) is 25.7 Å². The Balaban J connectivity index is 5.29. The number of aliphatic hydroxyl groups excluding tert-OH is 1. The van der Waals surface area contributed by atoms with Crippen LogP contribution >= 0.6 is 15.6 Å². The Morgan fingerprint density at radius 2 is 0.551 bits per heavy atom. The smallest absolute Gasteiger partial charge is 0.462 e. The zero-order valence-electron chi connectivity index (χ0n) is 63.4. The van der Waals surface area contributed by atoms with Gasteiger partial charge in [-0.15, -0.1) is 0 Å². The maximum atomic E-state index is 13.1. The van der Waals surface area contributed by atoms with Crippen molar-refractivity contribution in [2.45, 2.75) is 412 Å². The van der Waals surface area contributed by atoms with Gasteiger partial charge in [0.25, 0.3) is 0 Å². The van der Waals surface area contributed by atoms with Gasteiger partial charge in [-0.25, -0.2) is 9.13 Å². The van der Waals surface area contributed by atoms with E-state index in [1.807, 2.05) is 0 Å². The van der Waals surface area contributed by atoms with Crippen molar-refractivity contribution in [1.82, 2.24) is 0 Å². The largest absolute Gasteiger partial charge is 0.472 e. The summed E-state index contributed by atoms with van der Waals surface area (Å²) in [6.45, 7) is 7.23. The van der Waals surface area contributed by atoms with Gasteiger partial charge in [-0.3, -0.25) is 37.3 Å². The molecule has 19 heteroatoms. The summed E-state index contributed by atoms with van der Waals surface area (Å²) in [4.78, 5) is 72.9. The summed E-state index contributed by atoms with van der Waals surface area (Å²) in [6, 6.07) is 0. The summed E-state index contributed by atoms with van der Waals surface area (Å²) in [5.41, 5.74) is 0. The van der Waals surface area contributed by atoms with E-state index in [0.29, 0.717) is 25.7 Å². The van der Waals surface area contributed by atoms with Crippen LogP contribution in [0.1, 0.15) is 394 Å². The Kier molecular flexibility index (Phi) is 69.7. The molecule has 0 radical (unpaired) electrons. The topological polar surface area (TPSA) is 237 Å². The molecule has 2 unspecified atom stereocenters. The van der Waals surface area contributed by atoms with E-state index in [2.05, 4.69) is 58.9 Å². The molecule has 0 aromatic carbocycles. The lowest BCUT2D eigenvalue weighted by Gasteiger charge is -2.21. The average molecular weight is 1430 g/mol. The summed E-state index contributed by atoms with van der Waals surface area (Å²) in [7, 11) is -9.93. The number of rotatable bonds is 77. The molecule has 0 saturated heterocycles. The third-order valence-electron chi connectivity index (χ3n) is 17.9. The second-order valence-corrected chi connectivity index (χ2v) is 31.2. The lowest BCUT2D eigenvalue weighted by molar-refractivity contribution is -0.161. The molecule has 0 fully saturated rings. The van der Waals surface area contributed by atoms with Crippen LogP contribution in [0.5, 0.6) is 0 Å². The number of phosphoric ester groups is 2. The van der Waals surface area contributed by atoms with Crippen LogP contribution in [-0.2, 0) is 65.4 Å². The lowest BCUT2D eigenvalue weighted by atomic mass is 10.0. The second kappa shape index (κ2) is 71.5. The van der Waals surface area contributed by atoms with Crippen LogP contribution < -0.4 is 0 Å². The Hall–Kier alpha value is -2.46. The number of unbranched alkanes of at least 4 members (excludes halogenated alkanes) is 46. The van der Waals surface area contributed by atoms with Gasteiger partial charge in [0.05, 0.1) is 26.4 Å². The van der Waals surface area contributed by atoms with Crippen LogP contribution in [0.3, 0.4) is 0 Å². The molecule has 17 nitrogen and oxygen atoms in total. The molecule has 0 amide bonds. The van der Waals surface area contributed by atoms with Gasteiger partial charge in [0.1, 0.15) is 19.3 Å². The maximum absolute atomic E-state index is 13.1. The Morgan fingerprint density at radius 1 is 0.316 bits per heavy atom. The van der Waals surface area contributed by atoms with E-state index in [9.17, 15) is 43.2 Å². The standard InChI is InChI=1S/C79H150O17P2/c1-6-9-12-15-18-21-24-27-29-30-31-33-36-39-44-50-55-60-65-79(84)95-74(68-89-76(81)62-57-52-47-42-37-35-32-28-25-22-19-16-13-10-7-2)70-93-97(85,86)91-66-73(80)67-92-98(87,88)94-71-75(69-90-77(82)63-58-53-48-45-40-41-46-51-56-61-72(4)5)96-78(83)64-59-54-49-43-38-34-26-23-20-17-14-11-8-3/h22,25,28,32,72-75,80H,6-21,23-24,26-27,29-31,33-71H2,1-5H3,(H,85,86)(H,87,88)/b25-22-,32-28-/t73-,74-,75-/m1/s1. The SMILES string of the molecule is CCCCCC/C=C\C=C/CCCCCCCC(=O)OC[C@H](COP(=O)(O)OC[C@@H](O)COP(=O)(O)OC[C@@H](COC(=O)CCCCCCCCCCCC(C)C)OC(=O)CCCCCCCCCCCCCCC)OC(=O)CCCCCCCCCCCCCCCCCCCC. The predicted octanol–water partition coefficient (Wildman–Crippen LogP) is 23.2. The third-order valence-corrected chi connectivity index (χ3v) is 19.8. The van der Waals surface area contributed by atoms with Crippen molar-refractivity contribution < 1.29 is 80.2 Å². The van der Waals surface area contributed by atoms with Crippen molar-refractivity contribution in [3.63, 3.8) is 0 Å². The van der Waals surface area contributed by atoms with Crippen molar-refractivity contribution in [3.8, 4) is 0 Å². The average Bonchev–Trinajstić information content (AvgIpc) is 1.79. The first-order valence-corrected chi connectivity index (χ1v) is 43.4. The molecule has 578 valence electrons. The molecule has 0 aliphatic heterocycles. The van der Waals surface area contributed by atoms with E-state index >= 15 is 0 Å². The first kappa shape index (κ1) is 95.5. The number of hydrogen-bond donors (Lipinski definition) is 3. The van der Waals surface area contributed by atoms with Gasteiger partial charge in [0.15, 0.2) is 12.2 Å². The van der Waals surface area contributed by atoms with Crippen LogP contribution in [0.25, 0.3) is 0 Å². The minimum atomic E-state index is -4.97. The molecule has 0 rings (SSSR count). The zero-order chi connectivity index (χ0) is 71.9. The highest BCUT2D eigenvalue weighted by atomic mass is 31.2. The molecular weight excluding hydrogens is 1280 g/mol. The Morgan fingerprint density at radius 3 is 0.837 bits per heavy atom. The van der Waals surface area contributed by atoms with Gasteiger partial charge < -0.3 is 33.8 Å². The summed E-state index contributed by atoms with van der Waals surface area (Å²) in [5, 5.41) is 10.6. The van der Waals surface area contributed by atoms with Crippen molar-refractivity contribution in [2.24, 2.45) is 5.92 Å². The fourth-order valence-corrected chi connectivity index (χ4v) is 13.3. The molecule has 3 N–H and O–H groups in total. The van der Waals surface area contributed by atoms with Crippen LogP contribution in [0.15, 0.2) is 24.3 Å². The van der Waals surface area contributed by atoms with E-state index in [1.165, 1.54) is 199 Å². The number of carbonyl (C=O) groups is 4. The minimum absolute atomic E-state index is 0.102. The highest BCUT2D eigenvalue weighted by Gasteiger charge is 2.30. The van der Waals surface area contributed by atoms with E-state index in [1.54, 1.807) is 0 Å². The van der Waals surface area contributed by atoms with Gasteiger partial charge >= 0.3 is 39.5 Å². The van der Waals surface area contributed by atoms with Crippen molar-refractivity contribution in [1.29, 1.82) is 0 Å². The lowest BCUT2D eigenvalue weighted by Crippen LogP contribution is -2.30. The molecule has 0 aromatic rings. The van der Waals surface area contributed by atoms with Gasteiger partial charge in [-0.05, 0) is 57.3 Å². The summed E-state index contributed by atoms with van der Waals surface area (Å²) in [5.74, 6) is -1.40. The van der Waals surface area contributed by atoms with Crippen LogP contribution in [0.2, 0.25) is 0 Å². The Bertz CT molecular complexity index is 1970. The fraction of sp³-hybridized carbons (Fsp3) is 0.899. The number of allylic oxidation sites excluding steroid dienone is 4. The number of phosphoric acid groups is 2. The Labute approximate surface area is 599 Å². The third kappa shape index (κ3) is 71.9. The number of aliphatic hydroxyl groups is 1. The van der Waals surface area contributed by atoms with Crippen LogP contribution in [0.4, 0.5) is 0 Å². The number of esters is 4. The fourth-order valence-electron chi connectivity index (χ4n) is 11.7. The molecule has 0 bridgehead atoms. The second-order valence-electron chi connectivity index (χ2n) is 28.2. The number of carbonyl (C=O) groups excluding carboxylic acids is 4. The molecule has 98 heavy (non-hydrogen) atoms. The highest BCUT2D eigenvalue weighted by molar-refractivity contribution is 7.47. The summed E-state index contributed by atoms with van der Waals surface area (Å²) in [6.07, 6.45) is 64.5. The zero-order valence-corrected chi connectivity index (χ0v) is 65.2. The highest BCUT2D eigenvalue weighted by Crippen LogP contribution is 2.45. The van der Waals surface area contributed by atoms with Gasteiger partial charge in [-0.1, -0.05) is 341 Å². The number of hydrogen-bond acceptors (Lipinski definition) is 15. The van der Waals surface area contributed by atoms with Crippen molar-refractivity contribution in [3.05, 3.63) is 24.3 Å². The van der Waals surface area contributed by atoms with Crippen molar-refractivity contribution in [2.75, 3.05) is 39.6 Å². The van der Waals surface area contributed by atoms with Gasteiger partial charge in [-0.2, -0.15) is 0 Å². The molecule has 0 spiro atoms. The summed E-state index contributed by atoms with van der Waals surface area (Å²) >= 11 is 0. The number of ether oxygens (including phenoxy) is 4. The van der Waals surface area contributed by atoms with E-state index in [-0.39, 0.29) is 25.7 Å². The molecule has 0 saturated carbocycles. The van der Waals surface area contributed by atoms with Crippen LogP contribution in [-0.4, -0.2) is 96.7 Å². The minimum Gasteiger partial charge on any atom is -0.462 e. The molecule has 0 aromatic heterocycles. The normalized spacial score (nSPS) is 14.1. The van der Waals surface area contributed by atoms with E-state index in [4.69, 9.17) is 37.0 Å².